The van der Waals surface area contributed by atoms with Gasteiger partial charge in [0.1, 0.15) is 16.9 Å². The van der Waals surface area contributed by atoms with Gasteiger partial charge in [0, 0.05) is 11.6 Å². The van der Waals surface area contributed by atoms with E-state index < -0.39 is 19.9 Å². The van der Waals surface area contributed by atoms with Crippen molar-refractivity contribution in [3.8, 4) is 16.9 Å². The van der Waals surface area contributed by atoms with E-state index in [0.29, 0.717) is 30.3 Å². The van der Waals surface area contributed by atoms with Crippen molar-refractivity contribution in [3.63, 3.8) is 0 Å². The van der Waals surface area contributed by atoms with Crippen LogP contribution in [0.5, 0.6) is 5.75 Å². The Hall–Kier alpha value is -3.33. The van der Waals surface area contributed by atoms with Crippen LogP contribution in [0.3, 0.4) is 0 Å². The Balaban J connectivity index is 1.55. The number of hydrogen-bond donors (Lipinski definition) is 1. The van der Waals surface area contributed by atoms with Crippen LogP contribution in [0.25, 0.3) is 11.1 Å². The molecule has 0 aromatic heterocycles. The van der Waals surface area contributed by atoms with Crippen LogP contribution < -0.4 is 4.74 Å². The second kappa shape index (κ2) is 16.1. The van der Waals surface area contributed by atoms with Gasteiger partial charge in [-0.15, -0.1) is 0 Å². The molecule has 4 rings (SSSR count). The molecule has 0 spiro atoms. The first-order valence-corrected chi connectivity index (χ1v) is 20.7. The second-order valence-corrected chi connectivity index (χ2v) is 20.9. The van der Waals surface area contributed by atoms with Crippen LogP contribution in [0, 0.1) is 0 Å². The van der Waals surface area contributed by atoms with E-state index in [-0.39, 0.29) is 28.9 Å². The van der Waals surface area contributed by atoms with Gasteiger partial charge in [-0.2, -0.15) is 0 Å². The lowest BCUT2D eigenvalue weighted by molar-refractivity contribution is 0.0158. The highest BCUT2D eigenvalue weighted by atomic mass is 35.5. The fraction of sp³-hybridized carbons (Fsp3) is 0.500. The van der Waals surface area contributed by atoms with Crippen LogP contribution in [-0.2, 0) is 15.6 Å². The van der Waals surface area contributed by atoms with Crippen molar-refractivity contribution >= 4 is 32.0 Å². The van der Waals surface area contributed by atoms with Crippen molar-refractivity contribution in [3.05, 3.63) is 88.4 Å². The van der Waals surface area contributed by atoms with E-state index >= 15 is 0 Å². The highest BCUT2D eigenvalue weighted by Gasteiger charge is 2.40. The maximum Gasteiger partial charge on any atom is 0.410 e. The van der Waals surface area contributed by atoms with Gasteiger partial charge < -0.3 is 23.9 Å². The quantitative estimate of drug-likeness (QED) is 0.189. The predicted octanol–water partition coefficient (Wildman–Crippen LogP) is 11.0. The molecule has 0 bridgehead atoms. The van der Waals surface area contributed by atoms with Crippen LogP contribution in [-0.4, -0.2) is 55.2 Å². The average Bonchev–Trinajstić information content (AvgIpc) is 3.01. The zero-order chi connectivity index (χ0) is 36.0. The first kappa shape index (κ1) is 38.5. The molecule has 0 unspecified atom stereocenters. The van der Waals surface area contributed by atoms with E-state index in [4.69, 9.17) is 25.5 Å². The lowest BCUT2D eigenvalue weighted by atomic mass is 9.97. The van der Waals surface area contributed by atoms with Crippen molar-refractivity contribution in [1.82, 2.24) is 4.90 Å². The number of carboxylic acid groups (broad SMARTS) is 1. The molecular weight excluding hydrogens is 654 g/mol. The molecule has 0 saturated heterocycles. The van der Waals surface area contributed by atoms with Crippen molar-refractivity contribution in [2.24, 2.45) is 0 Å². The summed E-state index contributed by atoms with van der Waals surface area (Å²) in [6.45, 7) is 17.4. The summed E-state index contributed by atoms with van der Waals surface area (Å²) in [4.78, 5) is 27.3. The molecule has 1 aliphatic rings. The molecule has 3 aromatic carbocycles. The normalized spacial score (nSPS) is 15.0. The number of amides is 1. The molecule has 0 heterocycles. The summed E-state index contributed by atoms with van der Waals surface area (Å²) in [5.41, 5.74) is 3.37. The molecule has 1 amide bonds. The number of ether oxygens (including phenoxy) is 2. The number of benzene rings is 3. The minimum absolute atomic E-state index is 0.0287. The summed E-state index contributed by atoms with van der Waals surface area (Å²) in [5.74, 6) is -0.572. The highest BCUT2D eigenvalue weighted by Crippen LogP contribution is 2.40. The number of carbonyl (C=O) groups is 2. The van der Waals surface area contributed by atoms with Gasteiger partial charge in [0.15, 0.2) is 8.32 Å². The van der Waals surface area contributed by atoms with Gasteiger partial charge >= 0.3 is 12.1 Å². The third kappa shape index (κ3) is 11.1. The van der Waals surface area contributed by atoms with Gasteiger partial charge in [0.25, 0.3) is 0 Å². The maximum absolute atomic E-state index is 13.6. The Bertz CT molecular complexity index is 1570. The standard InChI is InChI=1S/C40H54ClNO6Si/c1-39(2,3)47-38(45)42(27-36(31-13-12-14-32(41)25-31)48-49(7,8)40(4,5)6)24-23-28-17-19-29(20-18-28)30-21-22-34(37(43)44)35(26-30)46-33-15-10-9-11-16-33/h12-14,17-22,25-26,33,36H,9-11,15-16,23-24,27H2,1-8H3,(H,43,44)/t36-/m1/s1. The molecule has 0 aliphatic heterocycles. The van der Waals surface area contributed by atoms with Crippen LogP contribution >= 0.6 is 11.6 Å². The molecule has 266 valence electrons. The Kier molecular flexibility index (Phi) is 12.7. The lowest BCUT2D eigenvalue weighted by Crippen LogP contribution is -2.46. The number of hydrogen-bond acceptors (Lipinski definition) is 5. The van der Waals surface area contributed by atoms with E-state index in [9.17, 15) is 14.7 Å². The van der Waals surface area contributed by atoms with Crippen molar-refractivity contribution < 1.29 is 28.6 Å². The topological polar surface area (TPSA) is 85.3 Å². The number of aromatic carboxylic acids is 1. The first-order valence-electron chi connectivity index (χ1n) is 17.5. The molecule has 1 N–H and O–H groups in total. The molecule has 1 atom stereocenters. The smallest absolute Gasteiger partial charge is 0.410 e. The molecule has 1 aliphatic carbocycles. The zero-order valence-electron chi connectivity index (χ0n) is 30.5. The van der Waals surface area contributed by atoms with Crippen molar-refractivity contribution in [2.45, 2.75) is 116 Å². The summed E-state index contributed by atoms with van der Waals surface area (Å²) in [5, 5.41) is 10.4. The fourth-order valence-corrected chi connectivity index (χ4v) is 7.17. The molecule has 7 nitrogen and oxygen atoms in total. The van der Waals surface area contributed by atoms with E-state index in [1.54, 1.807) is 11.0 Å². The third-order valence-corrected chi connectivity index (χ3v) is 14.2. The average molecular weight is 708 g/mol. The van der Waals surface area contributed by atoms with Crippen molar-refractivity contribution in [1.29, 1.82) is 0 Å². The number of halogens is 1. The minimum Gasteiger partial charge on any atom is -0.490 e. The molecule has 9 heteroatoms. The Morgan fingerprint density at radius 3 is 2.16 bits per heavy atom. The third-order valence-electron chi connectivity index (χ3n) is 9.52. The van der Waals surface area contributed by atoms with E-state index in [1.807, 2.05) is 69.3 Å². The van der Waals surface area contributed by atoms with E-state index in [1.165, 1.54) is 6.42 Å². The molecule has 1 fully saturated rings. The van der Waals surface area contributed by atoms with Crippen LogP contribution in [0.15, 0.2) is 66.7 Å². The Labute approximate surface area is 299 Å². The van der Waals surface area contributed by atoms with Crippen molar-refractivity contribution in [2.75, 3.05) is 13.1 Å². The first-order chi connectivity index (χ1) is 22.9. The minimum atomic E-state index is -2.23. The second-order valence-electron chi connectivity index (χ2n) is 15.7. The summed E-state index contributed by atoms with van der Waals surface area (Å²) in [6, 6.07) is 21.1. The summed E-state index contributed by atoms with van der Waals surface area (Å²) >= 11 is 6.43. The largest absolute Gasteiger partial charge is 0.490 e. The number of nitrogens with zero attached hydrogens (tertiary/aromatic N) is 1. The number of rotatable bonds is 12. The molecule has 0 radical (unpaired) electrons. The summed E-state index contributed by atoms with van der Waals surface area (Å²) in [7, 11) is -2.23. The van der Waals surface area contributed by atoms with E-state index in [2.05, 4.69) is 46.0 Å². The number of carboxylic acids is 1. The summed E-state index contributed by atoms with van der Waals surface area (Å²) in [6.07, 6.45) is 5.17. The van der Waals surface area contributed by atoms with Gasteiger partial charge in [-0.3, -0.25) is 0 Å². The fourth-order valence-electron chi connectivity index (χ4n) is 5.70. The van der Waals surface area contributed by atoms with Crippen LogP contribution in [0.4, 0.5) is 4.79 Å². The molecule has 3 aromatic rings. The molecule has 1 saturated carbocycles. The van der Waals surface area contributed by atoms with Crippen LogP contribution in [0.2, 0.25) is 23.2 Å². The monoisotopic (exact) mass is 707 g/mol. The SMILES string of the molecule is CC(C)(C)OC(=O)N(CCc1ccc(-c2ccc(C(=O)O)c(OC3CCCCC3)c2)cc1)C[C@@H](O[Si](C)(C)C(C)(C)C)c1cccc(Cl)c1. The molecule has 49 heavy (non-hydrogen) atoms. The zero-order valence-corrected chi connectivity index (χ0v) is 32.2. The highest BCUT2D eigenvalue weighted by molar-refractivity contribution is 6.74. The lowest BCUT2D eigenvalue weighted by Gasteiger charge is -2.41. The summed E-state index contributed by atoms with van der Waals surface area (Å²) < 4.78 is 19.0. The van der Waals surface area contributed by atoms with Gasteiger partial charge in [-0.05, 0) is 118 Å². The Morgan fingerprint density at radius 2 is 1.57 bits per heavy atom. The maximum atomic E-state index is 13.6. The van der Waals surface area contributed by atoms with E-state index in [0.717, 1.165) is 47.9 Å². The van der Waals surface area contributed by atoms with Crippen LogP contribution in [0.1, 0.15) is 101 Å². The molecular formula is C40H54ClNO6Si. The van der Waals surface area contributed by atoms with Gasteiger partial charge in [-0.25, -0.2) is 9.59 Å². The van der Waals surface area contributed by atoms with Gasteiger partial charge in [-0.1, -0.05) is 81.3 Å². The predicted molar refractivity (Wildman–Crippen MR) is 200 cm³/mol. The van der Waals surface area contributed by atoms with Gasteiger partial charge in [0.05, 0.1) is 18.8 Å². The Morgan fingerprint density at radius 1 is 0.918 bits per heavy atom. The van der Waals surface area contributed by atoms with Gasteiger partial charge in [0.2, 0.25) is 0 Å². The number of carbonyl (C=O) groups excluding carboxylic acids is 1.